The van der Waals surface area contributed by atoms with E-state index in [-0.39, 0.29) is 18.8 Å². The third-order valence-corrected chi connectivity index (χ3v) is 5.17. The zero-order chi connectivity index (χ0) is 21.2. The van der Waals surface area contributed by atoms with Gasteiger partial charge in [-0.1, -0.05) is 18.2 Å². The fraction of sp³-hybridized carbons (Fsp3) is 0.350. The number of hydrogen-bond donors (Lipinski definition) is 3. The summed E-state index contributed by atoms with van der Waals surface area (Å²) < 4.78 is 11.9. The normalized spacial score (nSPS) is 18.5. The fourth-order valence-corrected chi connectivity index (χ4v) is 3.66. The molecule has 11 nitrogen and oxygen atoms in total. The molecular formula is C20H23N9O2. The van der Waals surface area contributed by atoms with Crippen LogP contribution < -0.4 is 20.5 Å². The molecule has 4 aromatic rings. The van der Waals surface area contributed by atoms with Crippen molar-refractivity contribution in [3.05, 3.63) is 47.8 Å². The molecule has 1 fully saturated rings. The van der Waals surface area contributed by atoms with Gasteiger partial charge in [0.25, 0.3) is 0 Å². The smallest absolute Gasteiger partial charge is 0.207 e. The maximum Gasteiger partial charge on any atom is 0.207 e. The molecule has 0 amide bonds. The highest BCUT2D eigenvalue weighted by Gasteiger charge is 2.26. The number of para-hydroxylation sites is 1. The molecule has 160 valence electrons. The number of nitrogens with zero attached hydrogens (tertiary/aromatic N) is 6. The average Bonchev–Trinajstić information content (AvgIpc) is 3.48. The number of ether oxygens (including phenoxy) is 2. The zero-order valence-corrected chi connectivity index (χ0v) is 17.0. The highest BCUT2D eigenvalue weighted by molar-refractivity contribution is 5.78. The lowest BCUT2D eigenvalue weighted by Gasteiger charge is -2.12. The number of fused-ring (bicyclic) bond motifs is 1. The Labute approximate surface area is 177 Å². The van der Waals surface area contributed by atoms with Crippen LogP contribution in [-0.4, -0.2) is 54.1 Å². The number of H-pyrrole nitrogens is 1. The number of nitrogens with two attached hydrogens (primary N) is 1. The highest BCUT2D eigenvalue weighted by Crippen LogP contribution is 2.24. The summed E-state index contributed by atoms with van der Waals surface area (Å²) in [5.41, 5.74) is 8.32. The lowest BCUT2D eigenvalue weighted by atomic mass is 10.2. The molecule has 0 radical (unpaired) electrons. The van der Waals surface area contributed by atoms with Gasteiger partial charge < -0.3 is 20.5 Å². The minimum atomic E-state index is 0.133. The summed E-state index contributed by atoms with van der Waals surface area (Å²) in [5.74, 6) is 1.71. The molecule has 0 aliphatic carbocycles. The average molecular weight is 421 g/mol. The number of aryl methyl sites for hydroxylation is 1. The van der Waals surface area contributed by atoms with Crippen LogP contribution >= 0.6 is 0 Å². The lowest BCUT2D eigenvalue weighted by Crippen LogP contribution is -2.27. The van der Waals surface area contributed by atoms with Crippen molar-refractivity contribution in [3.8, 4) is 11.5 Å². The van der Waals surface area contributed by atoms with E-state index in [0.29, 0.717) is 29.3 Å². The number of hydrogen-bond acceptors (Lipinski definition) is 9. The summed E-state index contributed by atoms with van der Waals surface area (Å²) in [7, 11) is 0. The molecule has 1 aromatic carbocycles. The zero-order valence-electron chi connectivity index (χ0n) is 17.0. The molecule has 31 heavy (non-hydrogen) atoms. The number of aromatic amines is 1. The van der Waals surface area contributed by atoms with E-state index in [1.54, 1.807) is 10.9 Å². The predicted molar refractivity (Wildman–Crippen MR) is 112 cm³/mol. The first-order valence-electron chi connectivity index (χ1n) is 10.1. The first-order chi connectivity index (χ1) is 15.1. The topological polar surface area (TPSA) is 142 Å². The molecular weight excluding hydrogens is 398 g/mol. The van der Waals surface area contributed by atoms with Crippen LogP contribution in [0.3, 0.4) is 0 Å². The molecule has 0 bridgehead atoms. The van der Waals surface area contributed by atoms with Gasteiger partial charge in [-0.15, -0.1) is 5.10 Å². The Balaban J connectivity index is 1.19. The van der Waals surface area contributed by atoms with Crippen molar-refractivity contribution < 1.29 is 9.47 Å². The van der Waals surface area contributed by atoms with Crippen molar-refractivity contribution >= 4 is 17.0 Å². The first kappa shape index (κ1) is 19.2. The second-order valence-electron chi connectivity index (χ2n) is 7.51. The molecule has 11 heteroatoms. The maximum absolute atomic E-state index is 6.04. The van der Waals surface area contributed by atoms with Gasteiger partial charge in [-0.3, -0.25) is 0 Å². The third kappa shape index (κ3) is 4.26. The minimum absolute atomic E-state index is 0.133. The molecule has 0 saturated carbocycles. The number of benzene rings is 1. The van der Waals surface area contributed by atoms with Crippen LogP contribution in [0.5, 0.6) is 11.5 Å². The standard InChI is InChI=1S/C20H23N9O2/c1-12-16(11-30-17-8-18(21)23-20-19(17)24-28-25-20)27-29(26-12)10-13-7-15(9-22-13)31-14-5-3-2-4-6-14/h2-6,8,13,15,22H,7,9-11H2,1H3,(H3,21,23,24,25,28)/t13-,15-/m0/s1. The van der Waals surface area contributed by atoms with Gasteiger partial charge in [-0.05, 0) is 19.1 Å². The van der Waals surface area contributed by atoms with E-state index in [1.165, 1.54) is 0 Å². The van der Waals surface area contributed by atoms with Crippen LogP contribution in [0, 0.1) is 6.92 Å². The molecule has 3 aromatic heterocycles. The van der Waals surface area contributed by atoms with Crippen LogP contribution in [-0.2, 0) is 13.2 Å². The summed E-state index contributed by atoms with van der Waals surface area (Å²) in [6, 6.07) is 11.7. The van der Waals surface area contributed by atoms with E-state index in [1.807, 2.05) is 37.3 Å². The van der Waals surface area contributed by atoms with Crippen molar-refractivity contribution in [1.82, 2.24) is 40.7 Å². The van der Waals surface area contributed by atoms with Crippen molar-refractivity contribution in [1.29, 1.82) is 0 Å². The van der Waals surface area contributed by atoms with Gasteiger partial charge in [0, 0.05) is 25.1 Å². The summed E-state index contributed by atoms with van der Waals surface area (Å²) in [6.45, 7) is 3.62. The second-order valence-corrected chi connectivity index (χ2v) is 7.51. The predicted octanol–water partition coefficient (Wildman–Crippen LogP) is 1.22. The van der Waals surface area contributed by atoms with Gasteiger partial charge in [0.15, 0.2) is 11.3 Å². The summed E-state index contributed by atoms with van der Waals surface area (Å²) in [6.07, 6.45) is 1.02. The van der Waals surface area contributed by atoms with Gasteiger partial charge >= 0.3 is 0 Å². The molecule has 1 aliphatic heterocycles. The largest absolute Gasteiger partial charge is 0.489 e. The van der Waals surface area contributed by atoms with E-state index in [0.717, 1.165) is 30.1 Å². The Morgan fingerprint density at radius 2 is 2.06 bits per heavy atom. The van der Waals surface area contributed by atoms with E-state index in [2.05, 4.69) is 35.9 Å². The van der Waals surface area contributed by atoms with Crippen LogP contribution in [0.1, 0.15) is 17.8 Å². The molecule has 4 heterocycles. The van der Waals surface area contributed by atoms with Gasteiger partial charge in [-0.2, -0.15) is 25.3 Å². The van der Waals surface area contributed by atoms with Gasteiger partial charge in [0.1, 0.15) is 30.0 Å². The summed E-state index contributed by atoms with van der Waals surface area (Å²) >= 11 is 0. The quantitative estimate of drug-likeness (QED) is 0.401. The van der Waals surface area contributed by atoms with E-state index < -0.39 is 0 Å². The van der Waals surface area contributed by atoms with Crippen molar-refractivity contribution in [2.45, 2.75) is 38.6 Å². The number of nitrogen functional groups attached to an aromatic ring is 1. The van der Waals surface area contributed by atoms with Crippen LogP contribution in [0.2, 0.25) is 0 Å². The van der Waals surface area contributed by atoms with Gasteiger partial charge in [0.2, 0.25) is 5.65 Å². The molecule has 0 unspecified atom stereocenters. The molecule has 0 spiro atoms. The fourth-order valence-electron chi connectivity index (χ4n) is 3.66. The minimum Gasteiger partial charge on any atom is -0.489 e. The van der Waals surface area contributed by atoms with Crippen molar-refractivity contribution in [2.24, 2.45) is 0 Å². The number of anilines is 1. The number of nitrogens with one attached hydrogen (secondary N) is 2. The Morgan fingerprint density at radius 1 is 1.19 bits per heavy atom. The SMILES string of the molecule is Cc1nn(C[C@@H]2C[C@H](Oc3ccccc3)CN2)nc1COc1cc(N)nc2n[nH]nc12. The Morgan fingerprint density at radius 3 is 2.94 bits per heavy atom. The van der Waals surface area contributed by atoms with Crippen LogP contribution in [0.15, 0.2) is 36.4 Å². The first-order valence-corrected chi connectivity index (χ1v) is 10.1. The maximum atomic E-state index is 6.04. The number of pyridine rings is 1. The Kier molecular flexibility index (Phi) is 5.08. The van der Waals surface area contributed by atoms with E-state index in [4.69, 9.17) is 15.2 Å². The van der Waals surface area contributed by atoms with Crippen molar-refractivity contribution in [2.75, 3.05) is 12.3 Å². The molecule has 5 rings (SSSR count). The molecule has 1 saturated heterocycles. The molecule has 2 atom stereocenters. The van der Waals surface area contributed by atoms with Crippen LogP contribution in [0.25, 0.3) is 11.2 Å². The van der Waals surface area contributed by atoms with E-state index in [9.17, 15) is 0 Å². The second kappa shape index (κ2) is 8.19. The lowest BCUT2D eigenvalue weighted by molar-refractivity contribution is 0.218. The monoisotopic (exact) mass is 421 g/mol. The van der Waals surface area contributed by atoms with Crippen LogP contribution in [0.4, 0.5) is 5.82 Å². The van der Waals surface area contributed by atoms with E-state index >= 15 is 0 Å². The third-order valence-electron chi connectivity index (χ3n) is 5.17. The van der Waals surface area contributed by atoms with Crippen molar-refractivity contribution in [3.63, 3.8) is 0 Å². The summed E-state index contributed by atoms with van der Waals surface area (Å²) in [4.78, 5) is 5.82. The van der Waals surface area contributed by atoms with Gasteiger partial charge in [0.05, 0.1) is 12.2 Å². The highest BCUT2D eigenvalue weighted by atomic mass is 16.5. The number of aromatic nitrogens is 7. The Bertz CT molecular complexity index is 1170. The number of rotatable bonds is 7. The molecule has 1 aliphatic rings. The summed E-state index contributed by atoms with van der Waals surface area (Å²) in [5, 5.41) is 23.2. The van der Waals surface area contributed by atoms with Gasteiger partial charge in [-0.25, -0.2) is 4.98 Å². The Hall–Kier alpha value is -3.73. The molecule has 4 N–H and O–H groups in total.